The molecular weight excluding hydrogens is 474 g/mol. The standard InChI is InChI=1S/C29H32ClN3O3/c30-27-15-14-24(19-26(27)29(35)33-22-10-5-2-6-11-22)32-28(34)20-31-23-12-7-13-25(18-23)36-17-16-21-8-3-1-4-9-21/h1,3-4,7-9,12-15,18-19,22,31H,2,5-6,10-11,16-17,20H2,(H,32,34)(H,33,35). The predicted molar refractivity (Wildman–Crippen MR) is 145 cm³/mol. The Kier molecular flexibility index (Phi) is 9.22. The Labute approximate surface area is 217 Å². The topological polar surface area (TPSA) is 79.5 Å². The summed E-state index contributed by atoms with van der Waals surface area (Å²) in [6, 6.07) is 22.8. The van der Waals surface area contributed by atoms with Crippen molar-refractivity contribution in [3.05, 3.63) is 88.9 Å². The zero-order valence-electron chi connectivity index (χ0n) is 20.3. The maximum absolute atomic E-state index is 12.7. The van der Waals surface area contributed by atoms with Crippen molar-refractivity contribution < 1.29 is 14.3 Å². The Morgan fingerprint density at radius 3 is 2.50 bits per heavy atom. The molecule has 3 aromatic carbocycles. The minimum Gasteiger partial charge on any atom is -0.493 e. The van der Waals surface area contributed by atoms with Crippen LogP contribution in [0.5, 0.6) is 5.75 Å². The molecule has 6 nitrogen and oxygen atoms in total. The molecule has 3 aromatic rings. The van der Waals surface area contributed by atoms with Gasteiger partial charge in [0.25, 0.3) is 5.91 Å². The first-order valence-corrected chi connectivity index (χ1v) is 12.9. The van der Waals surface area contributed by atoms with Crippen molar-refractivity contribution in [2.24, 2.45) is 0 Å². The Morgan fingerprint density at radius 2 is 1.69 bits per heavy atom. The summed E-state index contributed by atoms with van der Waals surface area (Å²) in [6.45, 7) is 0.640. The van der Waals surface area contributed by atoms with Crippen molar-refractivity contribution in [2.45, 2.75) is 44.6 Å². The Balaban J connectivity index is 1.26. The summed E-state index contributed by atoms with van der Waals surface area (Å²) in [5.41, 5.74) is 2.90. The van der Waals surface area contributed by atoms with Crippen LogP contribution < -0.4 is 20.7 Å². The average molecular weight is 506 g/mol. The van der Waals surface area contributed by atoms with E-state index in [1.807, 2.05) is 42.5 Å². The number of hydrogen-bond acceptors (Lipinski definition) is 4. The van der Waals surface area contributed by atoms with Gasteiger partial charge in [0.05, 0.1) is 23.7 Å². The van der Waals surface area contributed by atoms with Gasteiger partial charge < -0.3 is 20.7 Å². The number of halogens is 1. The van der Waals surface area contributed by atoms with Gasteiger partial charge in [-0.15, -0.1) is 0 Å². The van der Waals surface area contributed by atoms with E-state index in [-0.39, 0.29) is 24.4 Å². The van der Waals surface area contributed by atoms with Crippen molar-refractivity contribution in [3.8, 4) is 5.75 Å². The van der Waals surface area contributed by atoms with Crippen LogP contribution in [0.4, 0.5) is 11.4 Å². The second-order valence-corrected chi connectivity index (χ2v) is 9.42. The Hall–Kier alpha value is -3.51. The monoisotopic (exact) mass is 505 g/mol. The Morgan fingerprint density at radius 1 is 0.889 bits per heavy atom. The molecule has 1 saturated carbocycles. The molecule has 1 fully saturated rings. The normalized spacial score (nSPS) is 13.6. The highest BCUT2D eigenvalue weighted by Gasteiger charge is 2.19. The molecule has 36 heavy (non-hydrogen) atoms. The van der Waals surface area contributed by atoms with Crippen LogP contribution >= 0.6 is 11.6 Å². The second kappa shape index (κ2) is 13.0. The minimum absolute atomic E-state index is 0.0691. The zero-order valence-corrected chi connectivity index (χ0v) is 21.0. The lowest BCUT2D eigenvalue weighted by molar-refractivity contribution is -0.114. The average Bonchev–Trinajstić information content (AvgIpc) is 2.90. The van der Waals surface area contributed by atoms with Crippen LogP contribution in [0.15, 0.2) is 72.8 Å². The fourth-order valence-electron chi connectivity index (χ4n) is 4.30. The molecule has 7 heteroatoms. The molecule has 0 aliphatic heterocycles. The number of nitrogens with one attached hydrogen (secondary N) is 3. The molecule has 3 N–H and O–H groups in total. The summed E-state index contributed by atoms with van der Waals surface area (Å²) in [4.78, 5) is 25.3. The van der Waals surface area contributed by atoms with E-state index in [4.69, 9.17) is 16.3 Å². The van der Waals surface area contributed by atoms with E-state index in [1.54, 1.807) is 18.2 Å². The first-order valence-electron chi connectivity index (χ1n) is 12.5. The summed E-state index contributed by atoms with van der Waals surface area (Å²) in [6.07, 6.45) is 6.28. The highest BCUT2D eigenvalue weighted by molar-refractivity contribution is 6.34. The van der Waals surface area contributed by atoms with Gasteiger partial charge >= 0.3 is 0 Å². The molecule has 0 radical (unpaired) electrons. The van der Waals surface area contributed by atoms with Gasteiger partial charge in [-0.05, 0) is 48.7 Å². The maximum atomic E-state index is 12.7. The molecule has 0 saturated heterocycles. The van der Waals surface area contributed by atoms with Crippen LogP contribution in [0.3, 0.4) is 0 Å². The number of carbonyl (C=O) groups excluding carboxylic acids is 2. The van der Waals surface area contributed by atoms with Gasteiger partial charge in [0.2, 0.25) is 5.91 Å². The number of hydrogen-bond donors (Lipinski definition) is 3. The van der Waals surface area contributed by atoms with Crippen LogP contribution in [0.2, 0.25) is 5.02 Å². The van der Waals surface area contributed by atoms with Gasteiger partial charge in [0, 0.05) is 29.9 Å². The van der Waals surface area contributed by atoms with E-state index >= 15 is 0 Å². The van der Waals surface area contributed by atoms with E-state index in [2.05, 4.69) is 28.1 Å². The zero-order chi connectivity index (χ0) is 25.2. The molecule has 1 aliphatic rings. The molecule has 2 amide bonds. The molecular formula is C29H32ClN3O3. The number of carbonyl (C=O) groups is 2. The fraction of sp³-hybridized carbons (Fsp3) is 0.310. The number of benzene rings is 3. The lowest BCUT2D eigenvalue weighted by Gasteiger charge is -2.23. The van der Waals surface area contributed by atoms with E-state index in [0.717, 1.165) is 43.5 Å². The van der Waals surface area contributed by atoms with E-state index in [0.29, 0.717) is 22.9 Å². The van der Waals surface area contributed by atoms with Gasteiger partial charge in [0.1, 0.15) is 5.75 Å². The van der Waals surface area contributed by atoms with Crippen molar-refractivity contribution in [1.82, 2.24) is 5.32 Å². The first kappa shape index (κ1) is 25.6. The van der Waals surface area contributed by atoms with E-state index in [1.165, 1.54) is 12.0 Å². The fourth-order valence-corrected chi connectivity index (χ4v) is 4.51. The van der Waals surface area contributed by atoms with E-state index < -0.39 is 0 Å². The molecule has 188 valence electrons. The van der Waals surface area contributed by atoms with Crippen LogP contribution in [0.25, 0.3) is 0 Å². The highest BCUT2D eigenvalue weighted by Crippen LogP contribution is 2.23. The summed E-state index contributed by atoms with van der Waals surface area (Å²) in [5.74, 6) is 0.305. The lowest BCUT2D eigenvalue weighted by atomic mass is 9.95. The van der Waals surface area contributed by atoms with Crippen LogP contribution in [0.1, 0.15) is 48.0 Å². The molecule has 0 bridgehead atoms. The molecule has 0 aromatic heterocycles. The number of amides is 2. The van der Waals surface area contributed by atoms with Gasteiger partial charge in [-0.25, -0.2) is 0 Å². The quantitative estimate of drug-likeness (QED) is 0.312. The third kappa shape index (κ3) is 7.75. The smallest absolute Gasteiger partial charge is 0.253 e. The highest BCUT2D eigenvalue weighted by atomic mass is 35.5. The molecule has 1 aliphatic carbocycles. The summed E-state index contributed by atoms with van der Waals surface area (Å²) in [7, 11) is 0. The molecule has 4 rings (SSSR count). The third-order valence-corrected chi connectivity index (χ3v) is 6.55. The van der Waals surface area contributed by atoms with E-state index in [9.17, 15) is 9.59 Å². The summed E-state index contributed by atoms with van der Waals surface area (Å²) in [5, 5.41) is 9.39. The van der Waals surface area contributed by atoms with Crippen LogP contribution in [-0.2, 0) is 11.2 Å². The van der Waals surface area contributed by atoms with Crippen molar-refractivity contribution in [2.75, 3.05) is 23.8 Å². The largest absolute Gasteiger partial charge is 0.493 e. The molecule has 0 spiro atoms. The van der Waals surface area contributed by atoms with Crippen molar-refractivity contribution >= 4 is 34.8 Å². The lowest BCUT2D eigenvalue weighted by Crippen LogP contribution is -2.36. The second-order valence-electron chi connectivity index (χ2n) is 9.02. The predicted octanol–water partition coefficient (Wildman–Crippen LogP) is 6.07. The molecule has 0 unspecified atom stereocenters. The number of rotatable bonds is 10. The summed E-state index contributed by atoms with van der Waals surface area (Å²) < 4.78 is 5.86. The van der Waals surface area contributed by atoms with Gasteiger partial charge in [-0.3, -0.25) is 9.59 Å². The minimum atomic E-state index is -0.230. The third-order valence-electron chi connectivity index (χ3n) is 6.22. The van der Waals surface area contributed by atoms with Crippen LogP contribution in [-0.4, -0.2) is 31.0 Å². The van der Waals surface area contributed by atoms with Gasteiger partial charge in [-0.1, -0.05) is 67.3 Å². The number of anilines is 2. The summed E-state index contributed by atoms with van der Waals surface area (Å²) >= 11 is 6.27. The van der Waals surface area contributed by atoms with Gasteiger partial charge in [-0.2, -0.15) is 0 Å². The van der Waals surface area contributed by atoms with Crippen molar-refractivity contribution in [1.29, 1.82) is 0 Å². The first-order chi connectivity index (χ1) is 17.6. The SMILES string of the molecule is O=C(CNc1cccc(OCCc2ccccc2)c1)Nc1ccc(Cl)c(C(=O)NC2CCCCC2)c1. The van der Waals surface area contributed by atoms with Crippen LogP contribution in [0, 0.1) is 0 Å². The van der Waals surface area contributed by atoms with Crippen molar-refractivity contribution in [3.63, 3.8) is 0 Å². The van der Waals surface area contributed by atoms with Gasteiger partial charge in [0.15, 0.2) is 0 Å². The molecule has 0 heterocycles. The number of ether oxygens (including phenoxy) is 1. The molecule has 0 atom stereocenters. The maximum Gasteiger partial charge on any atom is 0.253 e. The Bertz CT molecular complexity index is 1160.